The second-order valence-corrected chi connectivity index (χ2v) is 5.50. The van der Waals surface area contributed by atoms with Gasteiger partial charge in [0.15, 0.2) is 0 Å². The Kier molecular flexibility index (Phi) is 8.49. The maximum Gasteiger partial charge on any atom is 0.0897 e. The number of hydrogen-bond donors (Lipinski definition) is 4. The van der Waals surface area contributed by atoms with Gasteiger partial charge < -0.3 is 20.4 Å². The van der Waals surface area contributed by atoms with Crippen molar-refractivity contribution in [3.05, 3.63) is 35.9 Å². The molecule has 0 aliphatic heterocycles. The monoisotopic (exact) mass is 297 g/mol. The molecule has 0 aromatic heterocycles. The van der Waals surface area contributed by atoms with Crippen LogP contribution in [0.25, 0.3) is 0 Å². The molecule has 0 aliphatic rings. The number of nitrogens with zero attached hydrogens (tertiary/aromatic N) is 1. The molecule has 1 aromatic rings. The molecule has 0 spiro atoms. The molecular formula is C16H27NO4. The van der Waals surface area contributed by atoms with Crippen molar-refractivity contribution in [2.45, 2.75) is 38.0 Å². The van der Waals surface area contributed by atoms with Gasteiger partial charge in [-0.25, -0.2) is 0 Å². The molecule has 0 aliphatic carbocycles. The van der Waals surface area contributed by atoms with Gasteiger partial charge in [-0.05, 0) is 25.3 Å². The Morgan fingerprint density at radius 2 is 1.48 bits per heavy atom. The van der Waals surface area contributed by atoms with E-state index in [9.17, 15) is 10.2 Å². The molecule has 5 heteroatoms. The first-order chi connectivity index (χ1) is 10.1. The number of aliphatic hydroxyl groups excluding tert-OH is 4. The molecule has 0 unspecified atom stereocenters. The number of hydrogen-bond acceptors (Lipinski definition) is 5. The van der Waals surface area contributed by atoms with E-state index in [2.05, 4.69) is 12.1 Å². The third-order valence-electron chi connectivity index (χ3n) is 3.63. The highest BCUT2D eigenvalue weighted by molar-refractivity contribution is 5.14. The largest absolute Gasteiger partial charge is 0.394 e. The number of aliphatic hydroxyl groups is 4. The molecule has 3 atom stereocenters. The third-order valence-corrected chi connectivity index (χ3v) is 3.63. The molecule has 1 rings (SSSR count). The Morgan fingerprint density at radius 3 is 1.95 bits per heavy atom. The van der Waals surface area contributed by atoms with Crippen LogP contribution in [0.4, 0.5) is 0 Å². The Labute approximate surface area is 126 Å². The Hall–Kier alpha value is -0.980. The number of aryl methyl sites for hydroxylation is 1. The van der Waals surface area contributed by atoms with E-state index >= 15 is 0 Å². The quantitative estimate of drug-likeness (QED) is 0.489. The van der Waals surface area contributed by atoms with Crippen LogP contribution >= 0.6 is 0 Å². The SMILES string of the molecule is C[C@H](CCc1ccccc1)N(C[C@@H](O)CO)C[C@@H](O)CO. The van der Waals surface area contributed by atoms with Gasteiger partial charge in [-0.15, -0.1) is 0 Å². The first kappa shape index (κ1) is 18.1. The summed E-state index contributed by atoms with van der Waals surface area (Å²) in [6, 6.07) is 10.3. The van der Waals surface area contributed by atoms with Gasteiger partial charge in [0.25, 0.3) is 0 Å². The molecule has 0 saturated carbocycles. The van der Waals surface area contributed by atoms with Crippen LogP contribution in [-0.4, -0.2) is 69.9 Å². The van der Waals surface area contributed by atoms with Gasteiger partial charge in [-0.2, -0.15) is 0 Å². The maximum atomic E-state index is 9.61. The normalized spacial score (nSPS) is 15.9. The van der Waals surface area contributed by atoms with E-state index in [1.54, 1.807) is 0 Å². The minimum Gasteiger partial charge on any atom is -0.394 e. The molecule has 0 radical (unpaired) electrons. The van der Waals surface area contributed by atoms with E-state index in [1.165, 1.54) is 5.56 Å². The lowest BCUT2D eigenvalue weighted by Gasteiger charge is -2.32. The summed E-state index contributed by atoms with van der Waals surface area (Å²) in [5.41, 5.74) is 1.25. The van der Waals surface area contributed by atoms with Crippen molar-refractivity contribution in [2.75, 3.05) is 26.3 Å². The predicted molar refractivity (Wildman–Crippen MR) is 82.0 cm³/mol. The lowest BCUT2D eigenvalue weighted by Crippen LogP contribution is -2.45. The van der Waals surface area contributed by atoms with Gasteiger partial charge in [-0.3, -0.25) is 4.90 Å². The van der Waals surface area contributed by atoms with Crippen molar-refractivity contribution in [3.8, 4) is 0 Å². The Bertz CT molecular complexity index is 362. The second-order valence-electron chi connectivity index (χ2n) is 5.50. The Morgan fingerprint density at radius 1 is 0.952 bits per heavy atom. The maximum absolute atomic E-state index is 9.61. The summed E-state index contributed by atoms with van der Waals surface area (Å²) in [7, 11) is 0. The highest BCUT2D eigenvalue weighted by atomic mass is 16.3. The third kappa shape index (κ3) is 7.02. The van der Waals surface area contributed by atoms with Crippen LogP contribution < -0.4 is 0 Å². The van der Waals surface area contributed by atoms with E-state index < -0.39 is 12.2 Å². The summed E-state index contributed by atoms with van der Waals surface area (Å²) in [5, 5.41) is 37.2. The average Bonchev–Trinajstić information content (AvgIpc) is 2.52. The van der Waals surface area contributed by atoms with Crippen molar-refractivity contribution in [3.63, 3.8) is 0 Å². The summed E-state index contributed by atoms with van der Waals surface area (Å²) in [5.74, 6) is 0. The average molecular weight is 297 g/mol. The van der Waals surface area contributed by atoms with Gasteiger partial charge in [0.2, 0.25) is 0 Å². The summed E-state index contributed by atoms with van der Waals surface area (Å²) in [6.07, 6.45) is 0.105. The summed E-state index contributed by atoms with van der Waals surface area (Å²) in [4.78, 5) is 1.91. The highest BCUT2D eigenvalue weighted by Gasteiger charge is 2.20. The molecule has 4 N–H and O–H groups in total. The molecule has 1 aromatic carbocycles. The summed E-state index contributed by atoms with van der Waals surface area (Å²) < 4.78 is 0. The van der Waals surface area contributed by atoms with E-state index in [0.29, 0.717) is 0 Å². The lowest BCUT2D eigenvalue weighted by molar-refractivity contribution is 0.00838. The zero-order valence-corrected chi connectivity index (χ0v) is 12.6. The van der Waals surface area contributed by atoms with Crippen molar-refractivity contribution in [2.24, 2.45) is 0 Å². The topological polar surface area (TPSA) is 84.2 Å². The zero-order chi connectivity index (χ0) is 15.7. The van der Waals surface area contributed by atoms with Crippen LogP contribution in [0, 0.1) is 0 Å². The van der Waals surface area contributed by atoms with Crippen LogP contribution in [0.3, 0.4) is 0 Å². The van der Waals surface area contributed by atoms with Crippen molar-refractivity contribution in [1.29, 1.82) is 0 Å². The van der Waals surface area contributed by atoms with Gasteiger partial charge in [-0.1, -0.05) is 30.3 Å². The number of benzene rings is 1. The van der Waals surface area contributed by atoms with Crippen molar-refractivity contribution >= 4 is 0 Å². The van der Waals surface area contributed by atoms with Crippen molar-refractivity contribution < 1.29 is 20.4 Å². The minimum absolute atomic E-state index is 0.132. The summed E-state index contributed by atoms with van der Waals surface area (Å²) in [6.45, 7) is 1.97. The van der Waals surface area contributed by atoms with Crippen LogP contribution in [-0.2, 0) is 6.42 Å². The van der Waals surface area contributed by atoms with E-state index in [-0.39, 0.29) is 32.3 Å². The fourth-order valence-corrected chi connectivity index (χ4v) is 2.29. The van der Waals surface area contributed by atoms with Gasteiger partial charge in [0.1, 0.15) is 0 Å². The fourth-order valence-electron chi connectivity index (χ4n) is 2.29. The van der Waals surface area contributed by atoms with Crippen molar-refractivity contribution in [1.82, 2.24) is 4.90 Å². The molecule has 0 bridgehead atoms. The molecule has 0 fully saturated rings. The fraction of sp³-hybridized carbons (Fsp3) is 0.625. The van der Waals surface area contributed by atoms with Gasteiger partial charge >= 0.3 is 0 Å². The lowest BCUT2D eigenvalue weighted by atomic mass is 10.0. The minimum atomic E-state index is -0.838. The van der Waals surface area contributed by atoms with Crippen LogP contribution in [0.5, 0.6) is 0 Å². The molecular weight excluding hydrogens is 270 g/mol. The summed E-state index contributed by atoms with van der Waals surface area (Å²) >= 11 is 0. The first-order valence-corrected chi connectivity index (χ1v) is 7.42. The highest BCUT2D eigenvalue weighted by Crippen LogP contribution is 2.11. The van der Waals surface area contributed by atoms with Crippen LogP contribution in [0.15, 0.2) is 30.3 Å². The predicted octanol–water partition coefficient (Wildman–Crippen LogP) is 0.0161. The van der Waals surface area contributed by atoms with E-state index in [1.807, 2.05) is 30.0 Å². The standard InChI is InChI=1S/C16H27NO4/c1-13(7-8-14-5-3-2-4-6-14)17(9-15(20)11-18)10-16(21)12-19/h2-6,13,15-16,18-21H,7-12H2,1H3/t13-,15-,16-/m1/s1. The van der Waals surface area contributed by atoms with E-state index in [4.69, 9.17) is 10.2 Å². The molecule has 120 valence electrons. The zero-order valence-electron chi connectivity index (χ0n) is 12.6. The van der Waals surface area contributed by atoms with E-state index in [0.717, 1.165) is 12.8 Å². The smallest absolute Gasteiger partial charge is 0.0897 e. The Balaban J connectivity index is 2.54. The molecule has 21 heavy (non-hydrogen) atoms. The molecule has 0 amide bonds. The van der Waals surface area contributed by atoms with Gasteiger partial charge in [0, 0.05) is 19.1 Å². The molecule has 0 saturated heterocycles. The first-order valence-electron chi connectivity index (χ1n) is 7.42. The van der Waals surface area contributed by atoms with Crippen LogP contribution in [0.2, 0.25) is 0 Å². The van der Waals surface area contributed by atoms with Crippen LogP contribution in [0.1, 0.15) is 18.9 Å². The van der Waals surface area contributed by atoms with Gasteiger partial charge in [0.05, 0.1) is 25.4 Å². The molecule has 5 nitrogen and oxygen atoms in total. The molecule has 0 heterocycles. The second kappa shape index (κ2) is 9.87. The number of rotatable bonds is 10.